The summed E-state index contributed by atoms with van der Waals surface area (Å²) in [5.41, 5.74) is -7.42. The van der Waals surface area contributed by atoms with E-state index in [1.54, 1.807) is 53.0 Å². The molecule has 1 aliphatic heterocycles. The van der Waals surface area contributed by atoms with Crippen molar-refractivity contribution < 1.29 is 24.5 Å². The molecule has 1 unspecified atom stereocenters. The van der Waals surface area contributed by atoms with Crippen LogP contribution in [0.1, 0.15) is 31.9 Å². The average Bonchev–Trinajstić information content (AvgIpc) is 3.02. The van der Waals surface area contributed by atoms with Gasteiger partial charge in [0.05, 0.1) is 22.5 Å². The SMILES string of the molecule is COc1cccc(C[C@@]2(n3cc(C)c(=O)[nH]c3=O)O[C@](C=O)(CO)[C@](O)(C(C)(C)C)C2[Si](C)C)c1. The van der Waals surface area contributed by atoms with Crippen LogP contribution in [0, 0.1) is 12.3 Å². The standard InChI is InChI=1S/C25H35N2O7Si/c1-16-13-27(21(31)26-19(16)30)24(12-17-9-8-10-18(11-17)33-5)20(35(6)7)25(32,22(2,3)4)23(14-28,15-29)34-24/h8-11,13-14,20,29,32H,12,15H2,1-7H3,(H,26,30,31)/t20?,23-,24-,25-/m1/s1. The highest BCUT2D eigenvalue weighted by Crippen LogP contribution is 2.63. The maximum atomic E-state index is 13.3. The van der Waals surface area contributed by atoms with Crippen molar-refractivity contribution in [2.45, 2.75) is 69.7 Å². The molecule has 0 amide bonds. The van der Waals surface area contributed by atoms with E-state index in [4.69, 9.17) is 9.47 Å². The normalized spacial score (nSPS) is 28.9. The number of benzene rings is 1. The second kappa shape index (κ2) is 9.16. The maximum Gasteiger partial charge on any atom is 0.330 e. The Bertz CT molecular complexity index is 1220. The summed E-state index contributed by atoms with van der Waals surface area (Å²) in [6, 6.07) is 7.20. The summed E-state index contributed by atoms with van der Waals surface area (Å²) in [4.78, 5) is 40.5. The van der Waals surface area contributed by atoms with Crippen LogP contribution < -0.4 is 16.0 Å². The van der Waals surface area contributed by atoms with Gasteiger partial charge in [-0.1, -0.05) is 46.0 Å². The first-order chi connectivity index (χ1) is 16.2. The zero-order valence-corrected chi connectivity index (χ0v) is 22.3. The largest absolute Gasteiger partial charge is 0.497 e. The van der Waals surface area contributed by atoms with E-state index in [-0.39, 0.29) is 12.0 Å². The summed E-state index contributed by atoms with van der Waals surface area (Å²) >= 11 is 0. The molecule has 191 valence electrons. The lowest BCUT2D eigenvalue weighted by Gasteiger charge is -2.49. The first-order valence-electron chi connectivity index (χ1n) is 11.5. The summed E-state index contributed by atoms with van der Waals surface area (Å²) in [6.07, 6.45) is 1.93. The van der Waals surface area contributed by atoms with Gasteiger partial charge in [-0.15, -0.1) is 0 Å². The van der Waals surface area contributed by atoms with E-state index in [0.717, 1.165) is 5.56 Å². The molecular formula is C25H35N2O7Si. The van der Waals surface area contributed by atoms with Crippen LogP contribution in [0.2, 0.25) is 18.6 Å². The van der Waals surface area contributed by atoms with Crippen LogP contribution in [0.4, 0.5) is 0 Å². The Kier molecular flexibility index (Phi) is 7.08. The number of rotatable bonds is 7. The number of carbonyl (C=O) groups is 1. The zero-order chi connectivity index (χ0) is 26.4. The van der Waals surface area contributed by atoms with E-state index in [0.29, 0.717) is 12.0 Å². The molecule has 2 aromatic rings. The molecule has 0 aliphatic carbocycles. The fourth-order valence-corrected chi connectivity index (χ4v) is 8.31. The van der Waals surface area contributed by atoms with Gasteiger partial charge in [0, 0.05) is 23.7 Å². The lowest BCUT2D eigenvalue weighted by Crippen LogP contribution is -2.65. The number of aliphatic hydroxyl groups is 2. The second-order valence-electron chi connectivity index (χ2n) is 10.6. The highest BCUT2D eigenvalue weighted by molar-refractivity contribution is 6.58. The number of methoxy groups -OCH3 is 1. The molecule has 0 spiro atoms. The van der Waals surface area contributed by atoms with Gasteiger partial charge in [-0.25, -0.2) is 4.79 Å². The van der Waals surface area contributed by atoms with E-state index >= 15 is 0 Å². The molecule has 3 N–H and O–H groups in total. The van der Waals surface area contributed by atoms with Crippen molar-refractivity contribution in [2.75, 3.05) is 13.7 Å². The lowest BCUT2D eigenvalue weighted by atomic mass is 9.65. The Morgan fingerprint density at radius 2 is 1.94 bits per heavy atom. The molecule has 3 rings (SSSR count). The number of nitrogens with one attached hydrogen (secondary N) is 1. The van der Waals surface area contributed by atoms with Crippen molar-refractivity contribution in [1.82, 2.24) is 9.55 Å². The Labute approximate surface area is 206 Å². The monoisotopic (exact) mass is 503 g/mol. The predicted molar refractivity (Wildman–Crippen MR) is 133 cm³/mol. The van der Waals surface area contributed by atoms with E-state index < -0.39 is 54.5 Å². The summed E-state index contributed by atoms with van der Waals surface area (Å²) in [5, 5.41) is 23.0. The lowest BCUT2D eigenvalue weighted by molar-refractivity contribution is -0.208. The third-order valence-corrected chi connectivity index (χ3v) is 9.16. The first kappa shape index (κ1) is 27.1. The van der Waals surface area contributed by atoms with Crippen molar-refractivity contribution in [1.29, 1.82) is 0 Å². The molecule has 1 aliphatic rings. The molecule has 1 saturated heterocycles. The third kappa shape index (κ3) is 4.02. The summed E-state index contributed by atoms with van der Waals surface area (Å²) in [7, 11) is -0.00323. The Balaban J connectivity index is 2.48. The quantitative estimate of drug-likeness (QED) is 0.386. The van der Waals surface area contributed by atoms with Gasteiger partial charge in [0.25, 0.3) is 5.56 Å². The van der Waals surface area contributed by atoms with Gasteiger partial charge in [0.15, 0.2) is 17.6 Å². The Hall–Kier alpha value is -2.53. The number of carbonyl (C=O) groups excluding carboxylic acids is 1. The van der Waals surface area contributed by atoms with Crippen molar-refractivity contribution >= 4 is 15.1 Å². The molecule has 10 heteroatoms. The molecule has 1 aromatic carbocycles. The highest BCUT2D eigenvalue weighted by atomic mass is 28.3. The number of aliphatic hydroxyl groups excluding tert-OH is 1. The van der Waals surface area contributed by atoms with Gasteiger partial charge in [0.2, 0.25) is 0 Å². The van der Waals surface area contributed by atoms with E-state index in [1.165, 1.54) is 10.8 Å². The van der Waals surface area contributed by atoms with E-state index in [9.17, 15) is 24.6 Å². The van der Waals surface area contributed by atoms with Crippen molar-refractivity contribution in [3.05, 3.63) is 62.4 Å². The third-order valence-electron chi connectivity index (χ3n) is 7.14. The van der Waals surface area contributed by atoms with Crippen molar-refractivity contribution in [3.63, 3.8) is 0 Å². The molecule has 0 bridgehead atoms. The molecule has 4 atom stereocenters. The van der Waals surface area contributed by atoms with Gasteiger partial charge < -0.3 is 19.7 Å². The number of hydrogen-bond donors (Lipinski definition) is 3. The number of ether oxygens (including phenoxy) is 2. The van der Waals surface area contributed by atoms with Gasteiger partial charge in [-0.3, -0.25) is 19.1 Å². The number of aromatic amines is 1. The van der Waals surface area contributed by atoms with Crippen LogP contribution in [0.25, 0.3) is 0 Å². The fraction of sp³-hybridized carbons (Fsp3) is 0.560. The number of nitrogens with zero attached hydrogens (tertiary/aromatic N) is 1. The minimum absolute atomic E-state index is 0.0735. The molecule has 35 heavy (non-hydrogen) atoms. The number of hydrogen-bond acceptors (Lipinski definition) is 7. The number of aryl methyl sites for hydroxylation is 1. The van der Waals surface area contributed by atoms with E-state index in [2.05, 4.69) is 4.98 Å². The van der Waals surface area contributed by atoms with Gasteiger partial charge in [-0.05, 0) is 30.0 Å². The maximum absolute atomic E-state index is 13.3. The van der Waals surface area contributed by atoms with Crippen LogP contribution >= 0.6 is 0 Å². The van der Waals surface area contributed by atoms with Crippen LogP contribution in [0.15, 0.2) is 40.1 Å². The smallest absolute Gasteiger partial charge is 0.330 e. The number of H-pyrrole nitrogens is 1. The number of aldehydes is 1. The molecule has 2 heterocycles. The van der Waals surface area contributed by atoms with Crippen LogP contribution in [-0.2, 0) is 21.7 Å². The topological polar surface area (TPSA) is 131 Å². The molecule has 0 saturated carbocycles. The molecule has 1 radical (unpaired) electrons. The van der Waals surface area contributed by atoms with Gasteiger partial charge in [0.1, 0.15) is 11.4 Å². The Morgan fingerprint density at radius 3 is 2.46 bits per heavy atom. The summed E-state index contributed by atoms with van der Waals surface area (Å²) in [5.74, 6) is 0.589. The minimum atomic E-state index is -2.01. The molecular weight excluding hydrogens is 468 g/mol. The number of aromatic nitrogens is 2. The summed E-state index contributed by atoms with van der Waals surface area (Å²) in [6.45, 7) is 10.1. The predicted octanol–water partition coefficient (Wildman–Crippen LogP) is 1.61. The molecule has 1 fully saturated rings. The van der Waals surface area contributed by atoms with Crippen LogP contribution in [0.3, 0.4) is 0 Å². The molecule has 1 aromatic heterocycles. The first-order valence-corrected chi connectivity index (χ1v) is 14.1. The minimum Gasteiger partial charge on any atom is -0.497 e. The van der Waals surface area contributed by atoms with E-state index in [1.807, 2.05) is 19.2 Å². The summed E-state index contributed by atoms with van der Waals surface area (Å²) < 4.78 is 13.2. The highest BCUT2D eigenvalue weighted by Gasteiger charge is 2.75. The zero-order valence-electron chi connectivity index (χ0n) is 21.3. The average molecular weight is 504 g/mol. The Morgan fingerprint density at radius 1 is 1.29 bits per heavy atom. The van der Waals surface area contributed by atoms with Gasteiger partial charge in [-0.2, -0.15) is 0 Å². The van der Waals surface area contributed by atoms with Crippen molar-refractivity contribution in [3.8, 4) is 5.75 Å². The van der Waals surface area contributed by atoms with Crippen molar-refractivity contribution in [2.24, 2.45) is 5.41 Å². The van der Waals surface area contributed by atoms with Crippen LogP contribution in [-0.4, -0.2) is 59.8 Å². The van der Waals surface area contributed by atoms with Gasteiger partial charge >= 0.3 is 5.69 Å². The molecule has 9 nitrogen and oxygen atoms in total. The van der Waals surface area contributed by atoms with Crippen LogP contribution in [0.5, 0.6) is 5.75 Å². The fourth-order valence-electron chi connectivity index (χ4n) is 5.60. The second-order valence-corrected chi connectivity index (χ2v) is 13.3.